The molecule has 0 aliphatic carbocycles. The first-order valence-corrected chi connectivity index (χ1v) is 9.37. The van der Waals surface area contributed by atoms with Gasteiger partial charge < -0.3 is 10.6 Å². The number of nitrogens with one attached hydrogen (secondary N) is 2. The normalized spacial score (nSPS) is 13.5. The molecule has 2 aromatic rings. The van der Waals surface area contributed by atoms with Gasteiger partial charge in [-0.2, -0.15) is 5.10 Å². The molecule has 2 aromatic heterocycles. The van der Waals surface area contributed by atoms with Gasteiger partial charge in [-0.25, -0.2) is 14.7 Å². The zero-order chi connectivity index (χ0) is 19.0. The number of rotatable bonds is 7. The van der Waals surface area contributed by atoms with E-state index >= 15 is 0 Å². The monoisotopic (exact) mass is 356 g/mol. The van der Waals surface area contributed by atoms with Crippen LogP contribution in [0.15, 0.2) is 41.8 Å². The van der Waals surface area contributed by atoms with Crippen LogP contribution in [-0.4, -0.2) is 33.3 Å². The van der Waals surface area contributed by atoms with Crippen LogP contribution in [0.25, 0.3) is 5.82 Å². The Morgan fingerprint density at radius 2 is 2.12 bits per heavy atom. The number of hydrogen-bond acceptors (Lipinski definition) is 3. The van der Waals surface area contributed by atoms with Crippen molar-refractivity contribution in [3.63, 3.8) is 0 Å². The van der Waals surface area contributed by atoms with Crippen molar-refractivity contribution >= 4 is 5.96 Å². The zero-order valence-electron chi connectivity index (χ0n) is 16.7. The van der Waals surface area contributed by atoms with Crippen molar-refractivity contribution in [1.82, 2.24) is 25.4 Å². The highest BCUT2D eigenvalue weighted by Crippen LogP contribution is 2.21. The van der Waals surface area contributed by atoms with Gasteiger partial charge in [0, 0.05) is 31.2 Å². The van der Waals surface area contributed by atoms with E-state index in [9.17, 15) is 0 Å². The molecule has 2 N–H and O–H groups in total. The van der Waals surface area contributed by atoms with Crippen LogP contribution in [-0.2, 0) is 6.54 Å². The molecule has 0 saturated heterocycles. The van der Waals surface area contributed by atoms with E-state index in [0.717, 1.165) is 30.3 Å². The first-order valence-electron chi connectivity index (χ1n) is 9.37. The number of hydrogen-bond donors (Lipinski definition) is 2. The van der Waals surface area contributed by atoms with Crippen LogP contribution in [0.1, 0.15) is 53.0 Å². The summed E-state index contributed by atoms with van der Waals surface area (Å²) in [6, 6.07) is 6.27. The van der Waals surface area contributed by atoms with Gasteiger partial charge in [-0.05, 0) is 55.9 Å². The SMILES string of the molecule is CCNC(=NCc1ccnc(-n2cccn2)c1)NC(C)CCC(C)(C)C. The number of pyridine rings is 1. The molecule has 0 aromatic carbocycles. The molecule has 0 saturated carbocycles. The van der Waals surface area contributed by atoms with Crippen LogP contribution in [0.2, 0.25) is 0 Å². The quantitative estimate of drug-likeness (QED) is 0.588. The lowest BCUT2D eigenvalue weighted by Gasteiger charge is -2.23. The van der Waals surface area contributed by atoms with E-state index in [1.165, 1.54) is 6.42 Å². The van der Waals surface area contributed by atoms with E-state index in [-0.39, 0.29) is 0 Å². The first kappa shape index (κ1) is 19.9. The highest BCUT2D eigenvalue weighted by Gasteiger charge is 2.13. The minimum Gasteiger partial charge on any atom is -0.357 e. The fourth-order valence-electron chi connectivity index (χ4n) is 2.53. The standard InChI is InChI=1S/C20H32N6/c1-6-21-19(25-16(2)8-10-20(3,4)5)23-15-17-9-12-22-18(14-17)26-13-7-11-24-26/h7,9,11-14,16H,6,8,10,15H2,1-5H3,(H2,21,23,25). The maximum atomic E-state index is 4.73. The topological polar surface area (TPSA) is 67.1 Å². The van der Waals surface area contributed by atoms with Crippen molar-refractivity contribution in [2.45, 2.75) is 60.0 Å². The van der Waals surface area contributed by atoms with Gasteiger partial charge in [-0.15, -0.1) is 0 Å². The predicted octanol–water partition coefficient (Wildman–Crippen LogP) is 3.54. The summed E-state index contributed by atoms with van der Waals surface area (Å²) < 4.78 is 1.76. The van der Waals surface area contributed by atoms with E-state index in [0.29, 0.717) is 18.0 Å². The first-order chi connectivity index (χ1) is 12.4. The molecule has 0 aliphatic rings. The molecule has 2 rings (SSSR count). The second-order valence-corrected chi connectivity index (χ2v) is 7.81. The van der Waals surface area contributed by atoms with Gasteiger partial charge in [-0.1, -0.05) is 20.8 Å². The summed E-state index contributed by atoms with van der Waals surface area (Å²) in [6.45, 7) is 12.6. The molecular weight excluding hydrogens is 324 g/mol. The van der Waals surface area contributed by atoms with Crippen molar-refractivity contribution in [1.29, 1.82) is 0 Å². The summed E-state index contributed by atoms with van der Waals surface area (Å²) in [5.41, 5.74) is 1.45. The minimum absolute atomic E-state index is 0.353. The van der Waals surface area contributed by atoms with Crippen molar-refractivity contribution in [2.24, 2.45) is 10.4 Å². The van der Waals surface area contributed by atoms with E-state index in [1.54, 1.807) is 17.1 Å². The summed E-state index contributed by atoms with van der Waals surface area (Å²) >= 11 is 0. The van der Waals surface area contributed by atoms with Crippen LogP contribution < -0.4 is 10.6 Å². The number of nitrogens with zero attached hydrogens (tertiary/aromatic N) is 4. The minimum atomic E-state index is 0.353. The molecule has 0 fully saturated rings. The Kier molecular flexibility index (Phi) is 7.18. The van der Waals surface area contributed by atoms with Gasteiger partial charge in [0.1, 0.15) is 0 Å². The second-order valence-electron chi connectivity index (χ2n) is 7.81. The third-order valence-corrected chi connectivity index (χ3v) is 4.02. The molecule has 26 heavy (non-hydrogen) atoms. The molecule has 1 atom stereocenters. The zero-order valence-corrected chi connectivity index (χ0v) is 16.7. The lowest BCUT2D eigenvalue weighted by molar-refractivity contribution is 0.346. The maximum Gasteiger partial charge on any atom is 0.191 e. The summed E-state index contributed by atoms with van der Waals surface area (Å²) in [7, 11) is 0. The Morgan fingerprint density at radius 1 is 1.31 bits per heavy atom. The summed E-state index contributed by atoms with van der Waals surface area (Å²) in [4.78, 5) is 9.09. The van der Waals surface area contributed by atoms with Gasteiger partial charge in [0.15, 0.2) is 11.8 Å². The molecule has 6 heteroatoms. The molecule has 0 radical (unpaired) electrons. The molecule has 0 bridgehead atoms. The third kappa shape index (κ3) is 6.86. The second kappa shape index (κ2) is 9.36. The Balaban J connectivity index is 1.99. The Bertz CT molecular complexity index is 685. The van der Waals surface area contributed by atoms with Crippen molar-refractivity contribution in [2.75, 3.05) is 6.54 Å². The molecule has 0 spiro atoms. The van der Waals surface area contributed by atoms with E-state index in [1.807, 2.05) is 24.4 Å². The summed E-state index contributed by atoms with van der Waals surface area (Å²) in [5, 5.41) is 11.1. The molecule has 1 unspecified atom stereocenters. The van der Waals surface area contributed by atoms with Gasteiger partial charge >= 0.3 is 0 Å². The van der Waals surface area contributed by atoms with E-state index in [4.69, 9.17) is 4.99 Å². The number of aliphatic imine (C=N–C) groups is 1. The van der Waals surface area contributed by atoms with Crippen molar-refractivity contribution in [3.8, 4) is 5.82 Å². The van der Waals surface area contributed by atoms with Crippen LogP contribution in [0.5, 0.6) is 0 Å². The fraction of sp³-hybridized carbons (Fsp3) is 0.550. The average molecular weight is 357 g/mol. The lowest BCUT2D eigenvalue weighted by atomic mass is 9.89. The highest BCUT2D eigenvalue weighted by molar-refractivity contribution is 5.80. The van der Waals surface area contributed by atoms with Crippen molar-refractivity contribution in [3.05, 3.63) is 42.4 Å². The molecule has 2 heterocycles. The largest absolute Gasteiger partial charge is 0.357 e. The van der Waals surface area contributed by atoms with Gasteiger partial charge in [0.05, 0.1) is 6.54 Å². The van der Waals surface area contributed by atoms with Crippen LogP contribution in [0.4, 0.5) is 0 Å². The molecule has 0 aliphatic heterocycles. The number of aromatic nitrogens is 3. The van der Waals surface area contributed by atoms with Gasteiger partial charge in [0.2, 0.25) is 0 Å². The number of guanidine groups is 1. The Labute approximate surface area is 157 Å². The summed E-state index contributed by atoms with van der Waals surface area (Å²) in [6.07, 6.45) is 7.73. The lowest BCUT2D eigenvalue weighted by Crippen LogP contribution is -2.42. The molecule has 6 nitrogen and oxygen atoms in total. The molecule has 142 valence electrons. The molecule has 0 amide bonds. The van der Waals surface area contributed by atoms with E-state index in [2.05, 4.69) is 55.3 Å². The Hall–Kier alpha value is -2.37. The fourth-order valence-corrected chi connectivity index (χ4v) is 2.53. The average Bonchev–Trinajstić information content (AvgIpc) is 3.12. The van der Waals surface area contributed by atoms with Crippen LogP contribution >= 0.6 is 0 Å². The maximum absolute atomic E-state index is 4.73. The van der Waals surface area contributed by atoms with Crippen molar-refractivity contribution < 1.29 is 0 Å². The van der Waals surface area contributed by atoms with E-state index < -0.39 is 0 Å². The Morgan fingerprint density at radius 3 is 2.77 bits per heavy atom. The molecular formula is C20H32N6. The van der Waals surface area contributed by atoms with Gasteiger partial charge in [0.25, 0.3) is 0 Å². The van der Waals surface area contributed by atoms with Crippen LogP contribution in [0, 0.1) is 5.41 Å². The van der Waals surface area contributed by atoms with Crippen LogP contribution in [0.3, 0.4) is 0 Å². The predicted molar refractivity (Wildman–Crippen MR) is 107 cm³/mol. The van der Waals surface area contributed by atoms with Gasteiger partial charge in [-0.3, -0.25) is 0 Å². The third-order valence-electron chi connectivity index (χ3n) is 4.02. The smallest absolute Gasteiger partial charge is 0.191 e. The summed E-state index contributed by atoms with van der Waals surface area (Å²) in [5.74, 6) is 1.66. The highest BCUT2D eigenvalue weighted by atomic mass is 15.3.